The molecule has 118 valence electrons. The van der Waals surface area contributed by atoms with Crippen molar-refractivity contribution < 1.29 is 23.0 Å². The van der Waals surface area contributed by atoms with Gasteiger partial charge >= 0.3 is 6.18 Å². The van der Waals surface area contributed by atoms with Gasteiger partial charge in [-0.1, -0.05) is 12.1 Å². The molecular weight excluding hydrogens is 297 g/mol. The van der Waals surface area contributed by atoms with Crippen molar-refractivity contribution in [2.24, 2.45) is 0 Å². The average Bonchev–Trinajstić information content (AvgIpc) is 2.96. The minimum atomic E-state index is -4.40. The van der Waals surface area contributed by atoms with Gasteiger partial charge in [0.25, 0.3) is 0 Å². The van der Waals surface area contributed by atoms with Crippen LogP contribution < -0.4 is 0 Å². The van der Waals surface area contributed by atoms with E-state index in [4.69, 9.17) is 4.74 Å². The van der Waals surface area contributed by atoms with Gasteiger partial charge in [0.15, 0.2) is 0 Å². The number of halogens is 3. The summed E-state index contributed by atoms with van der Waals surface area (Å²) in [7, 11) is 0. The van der Waals surface area contributed by atoms with Crippen molar-refractivity contribution in [1.82, 2.24) is 9.55 Å². The van der Waals surface area contributed by atoms with Gasteiger partial charge in [-0.25, -0.2) is 4.98 Å². The molecule has 0 aliphatic carbocycles. The Bertz CT molecular complexity index is 654. The molecule has 1 fully saturated rings. The lowest BCUT2D eigenvalue weighted by molar-refractivity contribution is -0.137. The summed E-state index contributed by atoms with van der Waals surface area (Å²) >= 11 is 0. The molecule has 7 heteroatoms. The molecule has 1 aliphatic rings. The van der Waals surface area contributed by atoms with Gasteiger partial charge in [0.2, 0.25) is 0 Å². The summed E-state index contributed by atoms with van der Waals surface area (Å²) in [6.07, 6.45) is -1.35. The minimum Gasteiger partial charge on any atom is -0.391 e. The number of imidazole rings is 1. The van der Waals surface area contributed by atoms with E-state index in [1.54, 1.807) is 16.8 Å². The second kappa shape index (κ2) is 5.73. The molecule has 4 nitrogen and oxygen atoms in total. The first-order chi connectivity index (χ1) is 10.5. The van der Waals surface area contributed by atoms with Gasteiger partial charge in [-0.2, -0.15) is 13.2 Å². The first kappa shape index (κ1) is 15.1. The van der Waals surface area contributed by atoms with Crippen LogP contribution in [0.1, 0.15) is 18.0 Å². The Morgan fingerprint density at radius 2 is 2.14 bits per heavy atom. The highest BCUT2D eigenvalue weighted by atomic mass is 19.4. The third kappa shape index (κ3) is 2.86. The quantitative estimate of drug-likeness (QED) is 0.927. The van der Waals surface area contributed by atoms with Crippen molar-refractivity contribution in [2.75, 3.05) is 13.2 Å². The Balaban J connectivity index is 1.98. The topological polar surface area (TPSA) is 47.3 Å². The summed E-state index contributed by atoms with van der Waals surface area (Å²) < 4.78 is 45.6. The largest absolute Gasteiger partial charge is 0.416 e. The highest BCUT2D eigenvalue weighted by Gasteiger charge is 2.31. The van der Waals surface area contributed by atoms with E-state index in [0.717, 1.165) is 12.1 Å². The average molecular weight is 312 g/mol. The van der Waals surface area contributed by atoms with Crippen LogP contribution in [0.4, 0.5) is 13.2 Å². The van der Waals surface area contributed by atoms with Gasteiger partial charge in [-0.15, -0.1) is 0 Å². The molecule has 0 amide bonds. The maximum absolute atomic E-state index is 12.8. The number of aromatic nitrogens is 2. The molecule has 3 rings (SSSR count). The number of aliphatic hydroxyl groups is 1. The monoisotopic (exact) mass is 312 g/mol. The normalized spacial score (nSPS) is 22.7. The van der Waals surface area contributed by atoms with Crippen LogP contribution in [0.5, 0.6) is 0 Å². The van der Waals surface area contributed by atoms with Crippen LogP contribution in [0.15, 0.2) is 36.7 Å². The molecule has 2 aromatic rings. The van der Waals surface area contributed by atoms with Crippen molar-refractivity contribution in [3.05, 3.63) is 42.2 Å². The summed E-state index contributed by atoms with van der Waals surface area (Å²) in [6, 6.07) is 4.67. The predicted octanol–water partition coefficient (Wildman–Crippen LogP) is 2.89. The number of alkyl halides is 3. The fraction of sp³-hybridized carbons (Fsp3) is 0.400. The zero-order valence-electron chi connectivity index (χ0n) is 11.6. The molecule has 2 heterocycles. The van der Waals surface area contributed by atoms with Crippen LogP contribution in [0.3, 0.4) is 0 Å². The third-order valence-electron chi connectivity index (χ3n) is 3.76. The van der Waals surface area contributed by atoms with Crippen LogP contribution in [0, 0.1) is 0 Å². The third-order valence-corrected chi connectivity index (χ3v) is 3.76. The first-order valence-electron chi connectivity index (χ1n) is 6.93. The molecule has 1 aliphatic heterocycles. The highest BCUT2D eigenvalue weighted by molar-refractivity contribution is 5.57. The van der Waals surface area contributed by atoms with E-state index in [-0.39, 0.29) is 6.04 Å². The number of nitrogens with zero attached hydrogens (tertiary/aromatic N) is 2. The molecule has 22 heavy (non-hydrogen) atoms. The van der Waals surface area contributed by atoms with E-state index in [1.165, 1.54) is 12.3 Å². The Morgan fingerprint density at radius 3 is 2.86 bits per heavy atom. The Labute approximate surface area is 125 Å². The highest BCUT2D eigenvalue weighted by Crippen LogP contribution is 2.33. The van der Waals surface area contributed by atoms with Crippen molar-refractivity contribution >= 4 is 0 Å². The Morgan fingerprint density at radius 1 is 1.32 bits per heavy atom. The van der Waals surface area contributed by atoms with Crippen LogP contribution in [0.25, 0.3) is 11.4 Å². The van der Waals surface area contributed by atoms with Gasteiger partial charge in [0.1, 0.15) is 5.82 Å². The fourth-order valence-electron chi connectivity index (χ4n) is 2.62. The SMILES string of the molecule is O[C@@H]1CCOC[C@H]1n1ccnc1-c1cccc(C(F)(F)F)c1. The van der Waals surface area contributed by atoms with E-state index in [2.05, 4.69) is 4.98 Å². The predicted molar refractivity (Wildman–Crippen MR) is 73.1 cm³/mol. The summed E-state index contributed by atoms with van der Waals surface area (Å²) in [5, 5.41) is 10.1. The second-order valence-corrected chi connectivity index (χ2v) is 5.23. The Hall–Kier alpha value is -1.86. The molecule has 1 saturated heterocycles. The van der Waals surface area contributed by atoms with Crippen LogP contribution >= 0.6 is 0 Å². The zero-order chi connectivity index (χ0) is 15.7. The minimum absolute atomic E-state index is 0.309. The molecule has 0 bridgehead atoms. The van der Waals surface area contributed by atoms with Crippen LogP contribution in [0.2, 0.25) is 0 Å². The second-order valence-electron chi connectivity index (χ2n) is 5.23. The molecule has 0 unspecified atom stereocenters. The summed E-state index contributed by atoms with van der Waals surface area (Å²) in [6.45, 7) is 0.786. The van der Waals surface area contributed by atoms with Crippen LogP contribution in [-0.2, 0) is 10.9 Å². The molecular formula is C15H15F3N2O2. The lowest BCUT2D eigenvalue weighted by Gasteiger charge is -2.30. The molecule has 0 spiro atoms. The number of ether oxygens (including phenoxy) is 1. The summed E-state index contributed by atoms with van der Waals surface area (Å²) in [5.74, 6) is 0.389. The van der Waals surface area contributed by atoms with E-state index < -0.39 is 17.8 Å². The Kier molecular flexibility index (Phi) is 3.92. The van der Waals surface area contributed by atoms with E-state index in [9.17, 15) is 18.3 Å². The van der Waals surface area contributed by atoms with Gasteiger partial charge in [0, 0.05) is 24.6 Å². The number of hydrogen-bond donors (Lipinski definition) is 1. The molecule has 1 aromatic carbocycles. The number of rotatable bonds is 2. The van der Waals surface area contributed by atoms with Gasteiger partial charge in [-0.3, -0.25) is 0 Å². The zero-order valence-corrected chi connectivity index (χ0v) is 11.6. The van der Waals surface area contributed by atoms with E-state index in [0.29, 0.717) is 31.0 Å². The van der Waals surface area contributed by atoms with Crippen molar-refractivity contribution in [2.45, 2.75) is 24.7 Å². The van der Waals surface area contributed by atoms with E-state index >= 15 is 0 Å². The molecule has 1 N–H and O–H groups in total. The maximum Gasteiger partial charge on any atom is 0.416 e. The number of aliphatic hydroxyl groups excluding tert-OH is 1. The van der Waals surface area contributed by atoms with Crippen molar-refractivity contribution in [3.63, 3.8) is 0 Å². The van der Waals surface area contributed by atoms with Crippen molar-refractivity contribution in [1.29, 1.82) is 0 Å². The molecule has 0 radical (unpaired) electrons. The lowest BCUT2D eigenvalue weighted by Crippen LogP contribution is -2.34. The number of hydrogen-bond acceptors (Lipinski definition) is 3. The molecule has 0 saturated carbocycles. The smallest absolute Gasteiger partial charge is 0.391 e. The summed E-state index contributed by atoms with van der Waals surface area (Å²) in [5.41, 5.74) is -0.363. The lowest BCUT2D eigenvalue weighted by atomic mass is 10.1. The van der Waals surface area contributed by atoms with Gasteiger partial charge < -0.3 is 14.4 Å². The fourth-order valence-corrected chi connectivity index (χ4v) is 2.62. The summed E-state index contributed by atoms with van der Waals surface area (Å²) in [4.78, 5) is 4.15. The number of benzene rings is 1. The molecule has 1 aromatic heterocycles. The van der Waals surface area contributed by atoms with Crippen molar-refractivity contribution in [3.8, 4) is 11.4 Å². The molecule has 2 atom stereocenters. The van der Waals surface area contributed by atoms with E-state index in [1.807, 2.05) is 0 Å². The van der Waals surface area contributed by atoms with Crippen LogP contribution in [-0.4, -0.2) is 34.0 Å². The maximum atomic E-state index is 12.8. The van der Waals surface area contributed by atoms with Gasteiger partial charge in [-0.05, 0) is 18.6 Å². The standard InChI is InChI=1S/C15H15F3N2O2/c16-15(17,18)11-3-1-2-10(8-11)14-19-5-6-20(14)12-9-22-7-4-13(12)21/h1-3,5-6,8,12-13,21H,4,7,9H2/t12-,13-/m1/s1. The first-order valence-corrected chi connectivity index (χ1v) is 6.93. The van der Waals surface area contributed by atoms with Gasteiger partial charge in [0.05, 0.1) is 24.3 Å².